The van der Waals surface area contributed by atoms with E-state index in [4.69, 9.17) is 16.3 Å². The van der Waals surface area contributed by atoms with Gasteiger partial charge in [0.15, 0.2) is 0 Å². The monoisotopic (exact) mass is 216 g/mol. The highest BCUT2D eigenvalue weighted by molar-refractivity contribution is 6.32. The minimum absolute atomic E-state index is 0.0386. The molecule has 0 aromatic heterocycles. The number of phenols is 1. The number of aliphatic hydroxyl groups is 1. The number of methoxy groups -OCH3 is 1. The van der Waals surface area contributed by atoms with Gasteiger partial charge in [-0.3, -0.25) is 0 Å². The number of aromatic hydroxyl groups is 1. The molecule has 0 aliphatic heterocycles. The van der Waals surface area contributed by atoms with Crippen LogP contribution in [0.1, 0.15) is 19.4 Å². The predicted molar refractivity (Wildman–Crippen MR) is 54.9 cm³/mol. The Morgan fingerprint density at radius 2 is 1.93 bits per heavy atom. The lowest BCUT2D eigenvalue weighted by atomic mass is 9.97. The minimum Gasteiger partial charge on any atom is -0.508 e. The van der Waals surface area contributed by atoms with Crippen LogP contribution in [0.25, 0.3) is 0 Å². The Morgan fingerprint density at radius 1 is 1.36 bits per heavy atom. The van der Waals surface area contributed by atoms with Crippen molar-refractivity contribution in [3.63, 3.8) is 0 Å². The van der Waals surface area contributed by atoms with Gasteiger partial charge in [-0.05, 0) is 19.9 Å². The van der Waals surface area contributed by atoms with E-state index in [9.17, 15) is 10.2 Å². The van der Waals surface area contributed by atoms with Crippen molar-refractivity contribution in [2.24, 2.45) is 0 Å². The quantitative estimate of drug-likeness (QED) is 0.798. The zero-order chi connectivity index (χ0) is 10.9. The Morgan fingerprint density at radius 3 is 2.36 bits per heavy atom. The lowest BCUT2D eigenvalue weighted by molar-refractivity contribution is 0.0755. The van der Waals surface area contributed by atoms with Crippen LogP contribution in [0.15, 0.2) is 12.1 Å². The molecule has 4 heteroatoms. The average molecular weight is 217 g/mol. The van der Waals surface area contributed by atoms with Gasteiger partial charge in [-0.1, -0.05) is 11.6 Å². The van der Waals surface area contributed by atoms with Crippen molar-refractivity contribution >= 4 is 11.6 Å². The maximum Gasteiger partial charge on any atom is 0.138 e. The van der Waals surface area contributed by atoms with Crippen LogP contribution < -0.4 is 4.74 Å². The van der Waals surface area contributed by atoms with Crippen molar-refractivity contribution < 1.29 is 14.9 Å². The molecule has 1 aromatic carbocycles. The molecule has 0 bridgehead atoms. The zero-order valence-corrected chi connectivity index (χ0v) is 9.09. The van der Waals surface area contributed by atoms with E-state index in [1.165, 1.54) is 19.2 Å². The molecule has 0 spiro atoms. The molecule has 2 N–H and O–H groups in total. The van der Waals surface area contributed by atoms with E-state index >= 15 is 0 Å². The van der Waals surface area contributed by atoms with E-state index in [0.717, 1.165) is 0 Å². The number of phenolic OH excluding ortho intramolecular Hbond substituents is 1. The predicted octanol–water partition coefficient (Wildman–Crippen LogP) is 2.28. The van der Waals surface area contributed by atoms with Gasteiger partial charge in [0.25, 0.3) is 0 Å². The molecular weight excluding hydrogens is 204 g/mol. The Hall–Kier alpha value is -0.930. The van der Waals surface area contributed by atoms with Crippen LogP contribution in [-0.2, 0) is 5.60 Å². The van der Waals surface area contributed by atoms with Gasteiger partial charge in [-0.15, -0.1) is 0 Å². The van der Waals surface area contributed by atoms with Gasteiger partial charge >= 0.3 is 0 Å². The van der Waals surface area contributed by atoms with Crippen LogP contribution in [0.3, 0.4) is 0 Å². The van der Waals surface area contributed by atoms with Crippen molar-refractivity contribution in [3.05, 3.63) is 22.7 Å². The number of hydrogen-bond acceptors (Lipinski definition) is 3. The number of benzene rings is 1. The highest BCUT2D eigenvalue weighted by Gasteiger charge is 2.22. The fourth-order valence-electron chi connectivity index (χ4n) is 1.19. The van der Waals surface area contributed by atoms with Crippen LogP contribution in [0.4, 0.5) is 0 Å². The highest BCUT2D eigenvalue weighted by atomic mass is 35.5. The maximum atomic E-state index is 9.72. The Kier molecular flexibility index (Phi) is 2.92. The van der Waals surface area contributed by atoms with Crippen molar-refractivity contribution in [1.29, 1.82) is 0 Å². The largest absolute Gasteiger partial charge is 0.508 e. The third kappa shape index (κ3) is 2.11. The normalized spacial score (nSPS) is 11.5. The zero-order valence-electron chi connectivity index (χ0n) is 8.34. The molecule has 0 aliphatic rings. The molecular formula is C10H13ClO3. The lowest BCUT2D eigenvalue weighted by Crippen LogP contribution is -2.15. The molecule has 0 fully saturated rings. The van der Waals surface area contributed by atoms with Crippen molar-refractivity contribution in [2.45, 2.75) is 19.4 Å². The molecule has 0 unspecified atom stereocenters. The Bertz CT molecular complexity index is 342. The molecule has 0 saturated carbocycles. The van der Waals surface area contributed by atoms with Gasteiger partial charge in [0.2, 0.25) is 0 Å². The molecule has 14 heavy (non-hydrogen) atoms. The fourth-order valence-corrected chi connectivity index (χ4v) is 1.42. The second-order valence-corrected chi connectivity index (χ2v) is 3.97. The number of ether oxygens (including phenoxy) is 1. The first-order valence-electron chi connectivity index (χ1n) is 4.15. The van der Waals surface area contributed by atoms with E-state index in [1.807, 2.05) is 0 Å². The van der Waals surface area contributed by atoms with E-state index in [2.05, 4.69) is 0 Å². The van der Waals surface area contributed by atoms with E-state index < -0.39 is 5.60 Å². The molecule has 78 valence electrons. The van der Waals surface area contributed by atoms with Crippen LogP contribution in [0, 0.1) is 0 Å². The second kappa shape index (κ2) is 3.67. The summed E-state index contributed by atoms with van der Waals surface area (Å²) in [5.74, 6) is 0.393. The summed E-state index contributed by atoms with van der Waals surface area (Å²) in [6.07, 6.45) is 0. The minimum atomic E-state index is -1.12. The van der Waals surface area contributed by atoms with Crippen molar-refractivity contribution in [1.82, 2.24) is 0 Å². The highest BCUT2D eigenvalue weighted by Crippen LogP contribution is 2.36. The standard InChI is InChI=1S/C10H13ClO3/c1-10(2,13)6-4-9(14-3)7(11)5-8(6)12/h4-5,12-13H,1-3H3. The maximum absolute atomic E-state index is 9.72. The topological polar surface area (TPSA) is 49.7 Å². The molecule has 0 saturated heterocycles. The van der Waals surface area contributed by atoms with Crippen molar-refractivity contribution in [2.75, 3.05) is 7.11 Å². The van der Waals surface area contributed by atoms with Crippen LogP contribution >= 0.6 is 11.6 Å². The van der Waals surface area contributed by atoms with Gasteiger partial charge in [-0.25, -0.2) is 0 Å². The molecule has 1 aromatic rings. The Labute approximate surface area is 87.9 Å². The molecule has 0 heterocycles. The SMILES string of the molecule is COc1cc(C(C)(C)O)c(O)cc1Cl. The third-order valence-electron chi connectivity index (χ3n) is 1.93. The van der Waals surface area contributed by atoms with Crippen LogP contribution in [0.2, 0.25) is 5.02 Å². The van der Waals surface area contributed by atoms with Gasteiger partial charge < -0.3 is 14.9 Å². The first kappa shape index (κ1) is 11.1. The van der Waals surface area contributed by atoms with Gasteiger partial charge in [0.05, 0.1) is 17.7 Å². The smallest absolute Gasteiger partial charge is 0.138 e. The van der Waals surface area contributed by atoms with E-state index in [1.54, 1.807) is 13.8 Å². The average Bonchev–Trinajstić information content (AvgIpc) is 2.02. The lowest BCUT2D eigenvalue weighted by Gasteiger charge is -2.20. The first-order chi connectivity index (χ1) is 6.36. The third-order valence-corrected chi connectivity index (χ3v) is 2.22. The number of halogens is 1. The summed E-state index contributed by atoms with van der Waals surface area (Å²) in [6, 6.07) is 2.88. The molecule has 0 amide bonds. The Balaban J connectivity index is 3.32. The van der Waals surface area contributed by atoms with E-state index in [-0.39, 0.29) is 5.75 Å². The van der Waals surface area contributed by atoms with Crippen molar-refractivity contribution in [3.8, 4) is 11.5 Å². The molecule has 0 radical (unpaired) electrons. The van der Waals surface area contributed by atoms with Crippen LogP contribution in [0.5, 0.6) is 11.5 Å². The summed E-state index contributed by atoms with van der Waals surface area (Å²) in [7, 11) is 1.48. The summed E-state index contributed by atoms with van der Waals surface area (Å²) in [5, 5.41) is 19.6. The molecule has 1 rings (SSSR count). The molecule has 0 atom stereocenters. The first-order valence-corrected chi connectivity index (χ1v) is 4.53. The van der Waals surface area contributed by atoms with Crippen LogP contribution in [-0.4, -0.2) is 17.3 Å². The second-order valence-electron chi connectivity index (χ2n) is 3.56. The summed E-state index contributed by atoms with van der Waals surface area (Å²) in [4.78, 5) is 0. The molecule has 0 aliphatic carbocycles. The number of hydrogen-bond donors (Lipinski definition) is 2. The molecule has 3 nitrogen and oxygen atoms in total. The van der Waals surface area contributed by atoms with Gasteiger partial charge in [0, 0.05) is 11.6 Å². The summed E-state index contributed by atoms with van der Waals surface area (Å²) in [5.41, 5.74) is -0.735. The summed E-state index contributed by atoms with van der Waals surface area (Å²) < 4.78 is 4.98. The fraction of sp³-hybridized carbons (Fsp3) is 0.400. The van der Waals surface area contributed by atoms with Gasteiger partial charge in [0.1, 0.15) is 11.5 Å². The summed E-state index contributed by atoms with van der Waals surface area (Å²) >= 11 is 5.79. The van der Waals surface area contributed by atoms with E-state index in [0.29, 0.717) is 16.3 Å². The van der Waals surface area contributed by atoms with Gasteiger partial charge in [-0.2, -0.15) is 0 Å². The number of rotatable bonds is 2. The summed E-state index contributed by atoms with van der Waals surface area (Å²) in [6.45, 7) is 3.16.